The number of piperidine rings is 1. The molecular formula is C17H29N3O3S. The number of likely N-dealkylation sites (tertiary alicyclic amines) is 1. The van der Waals surface area contributed by atoms with Gasteiger partial charge in [0.2, 0.25) is 0 Å². The van der Waals surface area contributed by atoms with E-state index in [-0.39, 0.29) is 6.04 Å². The lowest BCUT2D eigenvalue weighted by Crippen LogP contribution is -2.43. The van der Waals surface area contributed by atoms with Crippen molar-refractivity contribution in [2.24, 2.45) is 0 Å². The first-order valence-electron chi connectivity index (χ1n) is 8.58. The van der Waals surface area contributed by atoms with Crippen LogP contribution in [0.15, 0.2) is 24.3 Å². The van der Waals surface area contributed by atoms with Crippen LogP contribution < -0.4 is 9.46 Å². The van der Waals surface area contributed by atoms with Crippen LogP contribution in [0.4, 0.5) is 0 Å². The number of nitrogens with zero attached hydrogens (tertiary/aromatic N) is 2. The average Bonchev–Trinajstić information content (AvgIpc) is 2.57. The van der Waals surface area contributed by atoms with E-state index in [0.717, 1.165) is 37.2 Å². The first-order valence-corrected chi connectivity index (χ1v) is 10.0. The Morgan fingerprint density at radius 2 is 1.79 bits per heavy atom. The van der Waals surface area contributed by atoms with Gasteiger partial charge in [-0.2, -0.15) is 12.7 Å². The SMILES string of the molecule is CCOc1ccc(C(CNS(=O)(=O)N(C)C)N2CCCCC2)cc1. The van der Waals surface area contributed by atoms with Crippen molar-refractivity contribution >= 4 is 10.2 Å². The van der Waals surface area contributed by atoms with Crippen molar-refractivity contribution in [2.45, 2.75) is 32.2 Å². The summed E-state index contributed by atoms with van der Waals surface area (Å²) in [6, 6.07) is 8.02. The summed E-state index contributed by atoms with van der Waals surface area (Å²) >= 11 is 0. The minimum absolute atomic E-state index is 0.0377. The van der Waals surface area contributed by atoms with Crippen LogP contribution in [0.5, 0.6) is 5.75 Å². The molecule has 0 aromatic heterocycles. The van der Waals surface area contributed by atoms with Crippen molar-refractivity contribution in [3.8, 4) is 5.75 Å². The van der Waals surface area contributed by atoms with Gasteiger partial charge in [0.25, 0.3) is 10.2 Å². The van der Waals surface area contributed by atoms with E-state index in [4.69, 9.17) is 4.74 Å². The average molecular weight is 356 g/mol. The third-order valence-corrected chi connectivity index (χ3v) is 5.84. The van der Waals surface area contributed by atoms with Gasteiger partial charge in [0, 0.05) is 26.7 Å². The molecule has 0 bridgehead atoms. The van der Waals surface area contributed by atoms with Gasteiger partial charge < -0.3 is 4.74 Å². The minimum Gasteiger partial charge on any atom is -0.494 e. The fourth-order valence-corrected chi connectivity index (χ4v) is 3.58. The van der Waals surface area contributed by atoms with Crippen LogP contribution in [0, 0.1) is 0 Å². The van der Waals surface area contributed by atoms with Gasteiger partial charge in [-0.3, -0.25) is 4.90 Å². The Morgan fingerprint density at radius 1 is 1.17 bits per heavy atom. The van der Waals surface area contributed by atoms with E-state index in [1.54, 1.807) is 0 Å². The zero-order chi connectivity index (χ0) is 17.6. The maximum absolute atomic E-state index is 12.1. The van der Waals surface area contributed by atoms with Gasteiger partial charge in [-0.15, -0.1) is 0 Å². The molecule has 1 aromatic rings. The van der Waals surface area contributed by atoms with Gasteiger partial charge in [0.1, 0.15) is 5.75 Å². The highest BCUT2D eigenvalue weighted by Gasteiger charge is 2.24. The molecule has 0 aliphatic carbocycles. The van der Waals surface area contributed by atoms with E-state index >= 15 is 0 Å². The highest BCUT2D eigenvalue weighted by Crippen LogP contribution is 2.26. The van der Waals surface area contributed by atoms with Crippen LogP contribution in [0.3, 0.4) is 0 Å². The maximum Gasteiger partial charge on any atom is 0.278 e. The summed E-state index contributed by atoms with van der Waals surface area (Å²) in [5.74, 6) is 0.840. The molecule has 1 fully saturated rings. The molecule has 136 valence electrons. The lowest BCUT2D eigenvalue weighted by molar-refractivity contribution is 0.164. The molecule has 1 aromatic carbocycles. The van der Waals surface area contributed by atoms with Crippen LogP contribution >= 0.6 is 0 Å². The van der Waals surface area contributed by atoms with Crippen LogP contribution in [0.2, 0.25) is 0 Å². The summed E-state index contributed by atoms with van der Waals surface area (Å²) < 4.78 is 33.6. The molecule has 1 heterocycles. The molecule has 6 nitrogen and oxygen atoms in total. The largest absolute Gasteiger partial charge is 0.494 e. The highest BCUT2D eigenvalue weighted by molar-refractivity contribution is 7.87. The summed E-state index contributed by atoms with van der Waals surface area (Å²) in [5.41, 5.74) is 1.11. The van der Waals surface area contributed by atoms with Gasteiger partial charge in [0.15, 0.2) is 0 Å². The van der Waals surface area contributed by atoms with Gasteiger partial charge in [0.05, 0.1) is 6.61 Å². The van der Waals surface area contributed by atoms with Crippen molar-refractivity contribution in [1.82, 2.24) is 13.9 Å². The molecule has 1 unspecified atom stereocenters. The molecule has 0 saturated carbocycles. The van der Waals surface area contributed by atoms with Crippen molar-refractivity contribution < 1.29 is 13.2 Å². The molecule has 1 atom stereocenters. The van der Waals surface area contributed by atoms with Gasteiger partial charge in [-0.25, -0.2) is 4.72 Å². The zero-order valence-electron chi connectivity index (χ0n) is 14.9. The first kappa shape index (κ1) is 19.2. The highest BCUT2D eigenvalue weighted by atomic mass is 32.2. The number of ether oxygens (including phenoxy) is 1. The quantitative estimate of drug-likeness (QED) is 0.775. The lowest BCUT2D eigenvalue weighted by atomic mass is 10.0. The maximum atomic E-state index is 12.1. The second-order valence-corrected chi connectivity index (χ2v) is 8.22. The second kappa shape index (κ2) is 8.80. The van der Waals surface area contributed by atoms with Crippen molar-refractivity contribution in [1.29, 1.82) is 0 Å². The Labute approximate surface area is 146 Å². The number of hydrogen-bond donors (Lipinski definition) is 1. The molecule has 1 saturated heterocycles. The first-order chi connectivity index (χ1) is 11.4. The monoisotopic (exact) mass is 355 g/mol. The topological polar surface area (TPSA) is 61.9 Å². The second-order valence-electron chi connectivity index (χ2n) is 6.25. The van der Waals surface area contributed by atoms with E-state index in [1.165, 1.54) is 24.8 Å². The molecule has 1 aliphatic heterocycles. The Morgan fingerprint density at radius 3 is 2.33 bits per heavy atom. The number of hydrogen-bond acceptors (Lipinski definition) is 4. The smallest absolute Gasteiger partial charge is 0.278 e. The van der Waals surface area contributed by atoms with E-state index in [1.807, 2.05) is 31.2 Å². The number of benzene rings is 1. The summed E-state index contributed by atoms with van der Waals surface area (Å²) in [6.07, 6.45) is 3.57. The van der Waals surface area contributed by atoms with E-state index in [9.17, 15) is 8.42 Å². The molecule has 2 rings (SSSR count). The molecule has 0 amide bonds. The number of nitrogens with one attached hydrogen (secondary N) is 1. The third-order valence-electron chi connectivity index (χ3n) is 4.35. The van der Waals surface area contributed by atoms with E-state index < -0.39 is 10.2 Å². The van der Waals surface area contributed by atoms with Crippen LogP contribution in [-0.4, -0.2) is 58.0 Å². The van der Waals surface area contributed by atoms with Gasteiger partial charge in [-0.1, -0.05) is 18.6 Å². The minimum atomic E-state index is -3.42. The van der Waals surface area contributed by atoms with Crippen molar-refractivity contribution in [3.05, 3.63) is 29.8 Å². The Hall–Kier alpha value is -1.15. The third kappa shape index (κ3) is 5.17. The van der Waals surface area contributed by atoms with Gasteiger partial charge >= 0.3 is 0 Å². The van der Waals surface area contributed by atoms with Gasteiger partial charge in [-0.05, 0) is 50.6 Å². The molecular weight excluding hydrogens is 326 g/mol. The normalized spacial score (nSPS) is 17.8. The zero-order valence-corrected chi connectivity index (χ0v) is 15.7. The predicted octanol–water partition coefficient (Wildman–Crippen LogP) is 2.01. The molecule has 0 radical (unpaired) electrons. The standard InChI is InChI=1S/C17H29N3O3S/c1-4-23-16-10-8-15(9-11-16)17(20-12-6-5-7-13-20)14-18-24(21,22)19(2)3/h8-11,17-18H,4-7,12-14H2,1-3H3. The van der Waals surface area contributed by atoms with Crippen LogP contribution in [0.1, 0.15) is 37.8 Å². The van der Waals surface area contributed by atoms with E-state index in [0.29, 0.717) is 13.2 Å². The lowest BCUT2D eigenvalue weighted by Gasteiger charge is -2.35. The molecule has 7 heteroatoms. The fraction of sp³-hybridized carbons (Fsp3) is 0.647. The van der Waals surface area contributed by atoms with E-state index in [2.05, 4.69) is 9.62 Å². The Kier molecular flexibility index (Phi) is 7.03. The molecule has 0 spiro atoms. The van der Waals surface area contributed by atoms with Crippen LogP contribution in [0.25, 0.3) is 0 Å². The molecule has 1 N–H and O–H groups in total. The van der Waals surface area contributed by atoms with Crippen LogP contribution in [-0.2, 0) is 10.2 Å². The molecule has 1 aliphatic rings. The summed E-state index contributed by atoms with van der Waals surface area (Å²) in [4.78, 5) is 2.37. The van der Waals surface area contributed by atoms with Crippen molar-refractivity contribution in [2.75, 3.05) is 40.3 Å². The summed E-state index contributed by atoms with van der Waals surface area (Å²) in [7, 11) is -0.351. The number of rotatable bonds is 8. The Bertz CT molecular complexity index is 596. The predicted molar refractivity (Wildman–Crippen MR) is 96.4 cm³/mol. The van der Waals surface area contributed by atoms with Crippen molar-refractivity contribution in [3.63, 3.8) is 0 Å². The Balaban J connectivity index is 2.15. The molecule has 24 heavy (non-hydrogen) atoms. The summed E-state index contributed by atoms with van der Waals surface area (Å²) in [6.45, 7) is 4.97. The fourth-order valence-electron chi connectivity index (χ4n) is 2.95. The summed E-state index contributed by atoms with van der Waals surface area (Å²) in [5, 5.41) is 0.